The number of rotatable bonds is 7. The molecule has 1 heterocycles. The summed E-state index contributed by atoms with van der Waals surface area (Å²) in [6.45, 7) is 0. The topological polar surface area (TPSA) is 53.2 Å². The largest absolute Gasteiger partial charge is 0.271 e. The summed E-state index contributed by atoms with van der Waals surface area (Å²) in [6, 6.07) is 29.5. The number of carbonyl (C=O) groups excluding carboxylic acids is 1. The molecule has 0 saturated heterocycles. The molecule has 0 spiro atoms. The molecule has 0 unspecified atom stereocenters. The van der Waals surface area contributed by atoms with Crippen LogP contribution in [0.3, 0.4) is 0 Å². The maximum Gasteiger partial charge on any atom is 0.264 e. The minimum Gasteiger partial charge on any atom is -0.271 e. The molecule has 0 saturated carbocycles. The Labute approximate surface area is 192 Å². The minimum absolute atomic E-state index is 0.109. The first-order chi connectivity index (χ1) is 15.7. The van der Waals surface area contributed by atoms with Crippen molar-refractivity contribution in [3.8, 4) is 6.07 Å². The normalized spacial score (nSPS) is 18.2. The number of hydrogen-bond donors (Lipinski definition) is 0. The molecule has 1 amide bonds. The van der Waals surface area contributed by atoms with E-state index in [0.717, 1.165) is 21.7 Å². The van der Waals surface area contributed by atoms with Gasteiger partial charge in [-0.1, -0.05) is 109 Å². The SMILES string of the molecule is N#Cc1ccc(C[C@@]2(C/C=C/C=C/c3ccccc3)SC(c3ccccc3)=NC2=O)cc1. The summed E-state index contributed by atoms with van der Waals surface area (Å²) < 4.78 is -0.698. The second kappa shape index (κ2) is 10.1. The second-order valence-electron chi connectivity index (χ2n) is 7.57. The van der Waals surface area contributed by atoms with Gasteiger partial charge < -0.3 is 0 Å². The van der Waals surface area contributed by atoms with E-state index >= 15 is 0 Å². The lowest BCUT2D eigenvalue weighted by molar-refractivity contribution is -0.119. The summed E-state index contributed by atoms with van der Waals surface area (Å²) in [7, 11) is 0. The highest BCUT2D eigenvalue weighted by atomic mass is 32.2. The van der Waals surface area contributed by atoms with Gasteiger partial charge in [-0.15, -0.1) is 0 Å². The number of amides is 1. The summed E-state index contributed by atoms with van der Waals surface area (Å²) in [6.07, 6.45) is 9.18. The van der Waals surface area contributed by atoms with E-state index in [0.29, 0.717) is 18.4 Å². The third-order valence-corrected chi connectivity index (χ3v) is 6.66. The third kappa shape index (κ3) is 5.14. The molecule has 0 radical (unpaired) electrons. The van der Waals surface area contributed by atoms with Crippen molar-refractivity contribution in [1.82, 2.24) is 0 Å². The van der Waals surface area contributed by atoms with Gasteiger partial charge in [0.2, 0.25) is 0 Å². The first-order valence-corrected chi connectivity index (χ1v) is 11.3. The summed E-state index contributed by atoms with van der Waals surface area (Å²) in [5, 5.41) is 9.83. The zero-order valence-electron chi connectivity index (χ0n) is 17.5. The Morgan fingerprint density at radius 2 is 1.59 bits per heavy atom. The van der Waals surface area contributed by atoms with Crippen LogP contribution in [0.1, 0.15) is 28.7 Å². The standard InChI is InChI=1S/C28H22N2OS/c29-21-24-17-15-23(16-18-24)20-28(19-9-3-6-12-22-10-4-1-5-11-22)27(31)30-26(32-28)25-13-7-2-8-14-25/h1-18H,19-20H2/b9-3+,12-6+/t28-/m1/s1. The Morgan fingerprint density at radius 1 is 0.906 bits per heavy atom. The van der Waals surface area contributed by atoms with Crippen LogP contribution in [0.25, 0.3) is 6.08 Å². The summed E-state index contributed by atoms with van der Waals surface area (Å²) in [5.74, 6) is -0.109. The molecule has 0 N–H and O–H groups in total. The summed E-state index contributed by atoms with van der Waals surface area (Å²) >= 11 is 1.54. The van der Waals surface area contributed by atoms with Crippen LogP contribution in [0.5, 0.6) is 0 Å². The predicted molar refractivity (Wildman–Crippen MR) is 132 cm³/mol. The Kier molecular flexibility index (Phi) is 6.79. The van der Waals surface area contributed by atoms with E-state index in [1.54, 1.807) is 12.1 Å². The van der Waals surface area contributed by atoms with Gasteiger partial charge in [-0.05, 0) is 36.1 Å². The number of carbonyl (C=O) groups is 1. The highest BCUT2D eigenvalue weighted by Crippen LogP contribution is 2.42. The second-order valence-corrected chi connectivity index (χ2v) is 8.94. The lowest BCUT2D eigenvalue weighted by atomic mass is 9.93. The van der Waals surface area contributed by atoms with Crippen LogP contribution in [0.2, 0.25) is 0 Å². The number of aliphatic imine (C=N–C) groups is 1. The fraction of sp³-hybridized carbons (Fsp3) is 0.107. The average molecular weight is 435 g/mol. The van der Waals surface area contributed by atoms with E-state index in [-0.39, 0.29) is 5.91 Å². The lowest BCUT2D eigenvalue weighted by Crippen LogP contribution is -2.33. The van der Waals surface area contributed by atoms with Gasteiger partial charge in [0.25, 0.3) is 5.91 Å². The molecule has 32 heavy (non-hydrogen) atoms. The van der Waals surface area contributed by atoms with E-state index in [4.69, 9.17) is 5.26 Å². The van der Waals surface area contributed by atoms with Crippen molar-refractivity contribution >= 4 is 28.8 Å². The smallest absolute Gasteiger partial charge is 0.264 e. The number of allylic oxidation sites excluding steroid dienone is 3. The minimum atomic E-state index is -0.698. The van der Waals surface area contributed by atoms with Gasteiger partial charge in [0.15, 0.2) is 0 Å². The molecule has 0 fully saturated rings. The zero-order valence-corrected chi connectivity index (χ0v) is 18.3. The van der Waals surface area contributed by atoms with Gasteiger partial charge in [-0.25, -0.2) is 4.99 Å². The van der Waals surface area contributed by atoms with Crippen LogP contribution in [0.4, 0.5) is 0 Å². The molecule has 0 aliphatic carbocycles. The fourth-order valence-electron chi connectivity index (χ4n) is 3.56. The highest BCUT2D eigenvalue weighted by molar-refractivity contribution is 8.16. The Hall–Kier alpha value is -3.68. The monoisotopic (exact) mass is 434 g/mol. The van der Waals surface area contributed by atoms with Crippen LogP contribution in [-0.2, 0) is 11.2 Å². The van der Waals surface area contributed by atoms with Crippen LogP contribution < -0.4 is 0 Å². The maximum atomic E-state index is 13.2. The molecule has 3 nitrogen and oxygen atoms in total. The van der Waals surface area contributed by atoms with Gasteiger partial charge in [0.05, 0.1) is 11.6 Å². The number of thioether (sulfide) groups is 1. The quantitative estimate of drug-likeness (QED) is 0.415. The molecule has 156 valence electrons. The van der Waals surface area contributed by atoms with E-state index < -0.39 is 4.75 Å². The average Bonchev–Trinajstić information content (AvgIpc) is 3.16. The van der Waals surface area contributed by atoms with E-state index in [1.807, 2.05) is 97.1 Å². The number of benzene rings is 3. The molecular weight excluding hydrogens is 412 g/mol. The van der Waals surface area contributed by atoms with Crippen molar-refractivity contribution in [3.05, 3.63) is 125 Å². The van der Waals surface area contributed by atoms with E-state index in [2.05, 4.69) is 11.1 Å². The van der Waals surface area contributed by atoms with Crippen molar-refractivity contribution in [1.29, 1.82) is 5.26 Å². The maximum absolute atomic E-state index is 13.2. The molecule has 1 aliphatic rings. The van der Waals surface area contributed by atoms with E-state index in [9.17, 15) is 4.79 Å². The van der Waals surface area contributed by atoms with E-state index in [1.165, 1.54) is 11.8 Å². The van der Waals surface area contributed by atoms with Crippen molar-refractivity contribution in [2.24, 2.45) is 4.99 Å². The van der Waals surface area contributed by atoms with Crippen molar-refractivity contribution < 1.29 is 4.79 Å². The molecule has 0 bridgehead atoms. The van der Waals surface area contributed by atoms with Crippen LogP contribution >= 0.6 is 11.8 Å². The van der Waals surface area contributed by atoms with Gasteiger partial charge in [-0.3, -0.25) is 4.79 Å². The van der Waals surface area contributed by atoms with Crippen molar-refractivity contribution in [3.63, 3.8) is 0 Å². The summed E-state index contributed by atoms with van der Waals surface area (Å²) in [5.41, 5.74) is 3.72. The molecule has 0 aromatic heterocycles. The summed E-state index contributed by atoms with van der Waals surface area (Å²) in [4.78, 5) is 17.6. The van der Waals surface area contributed by atoms with Crippen LogP contribution in [0.15, 0.2) is 108 Å². The Balaban J connectivity index is 1.55. The highest BCUT2D eigenvalue weighted by Gasteiger charge is 2.44. The van der Waals surface area contributed by atoms with Crippen molar-refractivity contribution in [2.75, 3.05) is 0 Å². The van der Waals surface area contributed by atoms with Crippen LogP contribution in [0, 0.1) is 11.3 Å². The lowest BCUT2D eigenvalue weighted by Gasteiger charge is -2.24. The number of nitrogens with zero attached hydrogens (tertiary/aromatic N) is 2. The fourth-order valence-corrected chi connectivity index (χ4v) is 4.86. The van der Waals surface area contributed by atoms with Crippen LogP contribution in [-0.4, -0.2) is 15.7 Å². The first-order valence-electron chi connectivity index (χ1n) is 10.4. The van der Waals surface area contributed by atoms with Crippen molar-refractivity contribution in [2.45, 2.75) is 17.6 Å². The zero-order chi connectivity index (χ0) is 22.2. The number of nitriles is 1. The number of hydrogen-bond acceptors (Lipinski definition) is 3. The molecule has 1 aliphatic heterocycles. The van der Waals surface area contributed by atoms with Gasteiger partial charge in [0, 0.05) is 5.56 Å². The molecule has 3 aromatic rings. The van der Waals surface area contributed by atoms with Gasteiger partial charge in [-0.2, -0.15) is 5.26 Å². The molecule has 1 atom stereocenters. The van der Waals surface area contributed by atoms with Gasteiger partial charge >= 0.3 is 0 Å². The predicted octanol–water partition coefficient (Wildman–Crippen LogP) is 6.22. The Morgan fingerprint density at radius 3 is 2.28 bits per heavy atom. The molecular formula is C28H22N2OS. The van der Waals surface area contributed by atoms with Gasteiger partial charge in [0.1, 0.15) is 9.79 Å². The third-order valence-electron chi connectivity index (χ3n) is 5.26. The molecule has 4 heteroatoms. The Bertz CT molecular complexity index is 1210. The molecule has 3 aromatic carbocycles. The first kappa shape index (κ1) is 21.5. The molecule has 4 rings (SSSR count).